The van der Waals surface area contributed by atoms with Crippen molar-refractivity contribution in [2.75, 3.05) is 31.1 Å². The van der Waals surface area contributed by atoms with Crippen molar-refractivity contribution >= 4 is 16.6 Å². The molecule has 0 bridgehead atoms. The number of anilines is 1. The SMILES string of the molecule is FC(F)(F)c1cccc(CN2CCN(c3ccc4cccnc4c3)CC2)c1. The van der Waals surface area contributed by atoms with Crippen LogP contribution in [0.3, 0.4) is 0 Å². The predicted molar refractivity (Wildman–Crippen MR) is 101 cm³/mol. The summed E-state index contributed by atoms with van der Waals surface area (Å²) >= 11 is 0. The van der Waals surface area contributed by atoms with E-state index >= 15 is 0 Å². The van der Waals surface area contributed by atoms with Crippen molar-refractivity contribution in [3.63, 3.8) is 0 Å². The highest BCUT2D eigenvalue weighted by Crippen LogP contribution is 2.30. The molecule has 1 aliphatic heterocycles. The summed E-state index contributed by atoms with van der Waals surface area (Å²) in [5, 5.41) is 1.12. The van der Waals surface area contributed by atoms with Gasteiger partial charge in [-0.15, -0.1) is 0 Å². The summed E-state index contributed by atoms with van der Waals surface area (Å²) in [6.45, 7) is 3.86. The fraction of sp³-hybridized carbons (Fsp3) is 0.286. The number of benzene rings is 2. The van der Waals surface area contributed by atoms with E-state index in [9.17, 15) is 13.2 Å². The maximum absolute atomic E-state index is 12.9. The molecule has 0 atom stereocenters. The van der Waals surface area contributed by atoms with Gasteiger partial charge in [0.2, 0.25) is 0 Å². The van der Waals surface area contributed by atoms with Crippen LogP contribution in [-0.2, 0) is 12.7 Å². The summed E-state index contributed by atoms with van der Waals surface area (Å²) in [6, 6.07) is 15.9. The van der Waals surface area contributed by atoms with Crippen LogP contribution in [0, 0.1) is 0 Å². The maximum Gasteiger partial charge on any atom is 0.416 e. The van der Waals surface area contributed by atoms with Crippen LogP contribution in [0.5, 0.6) is 0 Å². The molecule has 2 heterocycles. The van der Waals surface area contributed by atoms with E-state index in [0.29, 0.717) is 12.1 Å². The third-order valence-electron chi connectivity index (χ3n) is 4.99. The number of nitrogens with zero attached hydrogens (tertiary/aromatic N) is 3. The molecule has 1 saturated heterocycles. The average molecular weight is 371 g/mol. The van der Waals surface area contributed by atoms with Crippen molar-refractivity contribution in [2.45, 2.75) is 12.7 Å². The van der Waals surface area contributed by atoms with E-state index < -0.39 is 11.7 Å². The highest BCUT2D eigenvalue weighted by molar-refractivity contribution is 5.82. The van der Waals surface area contributed by atoms with Gasteiger partial charge in [0.1, 0.15) is 0 Å². The Kier molecular flexibility index (Phi) is 4.74. The Morgan fingerprint density at radius 3 is 2.48 bits per heavy atom. The first-order valence-corrected chi connectivity index (χ1v) is 8.97. The van der Waals surface area contributed by atoms with Gasteiger partial charge in [0.15, 0.2) is 0 Å². The van der Waals surface area contributed by atoms with Gasteiger partial charge in [0.05, 0.1) is 11.1 Å². The van der Waals surface area contributed by atoms with Crippen LogP contribution < -0.4 is 4.90 Å². The van der Waals surface area contributed by atoms with Crippen molar-refractivity contribution in [2.24, 2.45) is 0 Å². The zero-order valence-electron chi connectivity index (χ0n) is 14.8. The summed E-state index contributed by atoms with van der Waals surface area (Å²) in [5.74, 6) is 0. The molecule has 2 aromatic carbocycles. The Hall–Kier alpha value is -2.60. The molecule has 27 heavy (non-hydrogen) atoms. The molecular formula is C21H20F3N3. The first-order valence-electron chi connectivity index (χ1n) is 8.97. The fourth-order valence-corrected chi connectivity index (χ4v) is 3.52. The minimum atomic E-state index is -4.29. The van der Waals surface area contributed by atoms with Crippen LogP contribution in [0.4, 0.5) is 18.9 Å². The minimum absolute atomic E-state index is 0.539. The molecule has 0 unspecified atom stereocenters. The number of alkyl halides is 3. The lowest BCUT2D eigenvalue weighted by molar-refractivity contribution is -0.137. The molecule has 1 aromatic heterocycles. The third-order valence-corrected chi connectivity index (χ3v) is 4.99. The van der Waals surface area contributed by atoms with E-state index in [-0.39, 0.29) is 0 Å². The van der Waals surface area contributed by atoms with Crippen LogP contribution >= 0.6 is 0 Å². The van der Waals surface area contributed by atoms with Crippen LogP contribution in [0.25, 0.3) is 10.9 Å². The fourth-order valence-electron chi connectivity index (χ4n) is 3.52. The monoisotopic (exact) mass is 371 g/mol. The summed E-state index contributed by atoms with van der Waals surface area (Å²) in [4.78, 5) is 8.91. The number of hydrogen-bond acceptors (Lipinski definition) is 3. The number of aromatic nitrogens is 1. The van der Waals surface area contributed by atoms with Gasteiger partial charge in [-0.05, 0) is 29.8 Å². The highest BCUT2D eigenvalue weighted by atomic mass is 19.4. The molecule has 140 valence electrons. The van der Waals surface area contributed by atoms with E-state index in [1.165, 1.54) is 12.1 Å². The Morgan fingerprint density at radius 2 is 1.70 bits per heavy atom. The Labute approximate surface area is 156 Å². The first-order chi connectivity index (χ1) is 13.0. The molecule has 0 saturated carbocycles. The molecule has 1 aliphatic rings. The van der Waals surface area contributed by atoms with E-state index in [1.54, 1.807) is 12.3 Å². The quantitative estimate of drug-likeness (QED) is 0.672. The van der Waals surface area contributed by atoms with Crippen molar-refractivity contribution in [1.29, 1.82) is 0 Å². The number of pyridine rings is 1. The van der Waals surface area contributed by atoms with Gasteiger partial charge in [-0.3, -0.25) is 9.88 Å². The predicted octanol–water partition coefficient (Wildman–Crippen LogP) is 4.58. The summed E-state index contributed by atoms with van der Waals surface area (Å²) in [7, 11) is 0. The van der Waals surface area contributed by atoms with Crippen LogP contribution in [0.2, 0.25) is 0 Å². The largest absolute Gasteiger partial charge is 0.416 e. The molecule has 3 nitrogen and oxygen atoms in total. The zero-order valence-corrected chi connectivity index (χ0v) is 14.8. The number of fused-ring (bicyclic) bond motifs is 1. The lowest BCUT2D eigenvalue weighted by Gasteiger charge is -2.36. The van der Waals surface area contributed by atoms with Gasteiger partial charge in [-0.25, -0.2) is 0 Å². The van der Waals surface area contributed by atoms with Crippen LogP contribution in [0.1, 0.15) is 11.1 Å². The highest BCUT2D eigenvalue weighted by Gasteiger charge is 2.30. The Balaban J connectivity index is 1.40. The topological polar surface area (TPSA) is 19.4 Å². The van der Waals surface area contributed by atoms with E-state index in [1.807, 2.05) is 12.1 Å². The van der Waals surface area contributed by atoms with Gasteiger partial charge in [-0.2, -0.15) is 13.2 Å². The molecule has 0 N–H and O–H groups in total. The molecular weight excluding hydrogens is 351 g/mol. The normalized spacial score (nSPS) is 16.0. The van der Waals surface area contributed by atoms with Crippen molar-refractivity contribution in [1.82, 2.24) is 9.88 Å². The van der Waals surface area contributed by atoms with Gasteiger partial charge in [0.25, 0.3) is 0 Å². The standard InChI is InChI=1S/C21H20F3N3/c22-21(23,24)18-5-1-3-16(13-18)15-26-9-11-27(12-10-26)19-7-6-17-4-2-8-25-20(17)14-19/h1-8,13-14H,9-12,15H2. The lowest BCUT2D eigenvalue weighted by Crippen LogP contribution is -2.46. The second-order valence-electron chi connectivity index (χ2n) is 6.84. The van der Waals surface area contributed by atoms with Gasteiger partial charge < -0.3 is 4.90 Å². The minimum Gasteiger partial charge on any atom is -0.369 e. The molecule has 3 aromatic rings. The maximum atomic E-state index is 12.9. The summed E-state index contributed by atoms with van der Waals surface area (Å²) in [6.07, 6.45) is -2.50. The molecule has 0 spiro atoms. The average Bonchev–Trinajstić information content (AvgIpc) is 2.68. The zero-order chi connectivity index (χ0) is 18.9. The Morgan fingerprint density at radius 1 is 0.889 bits per heavy atom. The van der Waals surface area contributed by atoms with Crippen LogP contribution in [0.15, 0.2) is 60.8 Å². The van der Waals surface area contributed by atoms with Gasteiger partial charge in [-0.1, -0.05) is 30.3 Å². The molecule has 0 amide bonds. The second kappa shape index (κ2) is 7.19. The molecule has 1 fully saturated rings. The lowest BCUT2D eigenvalue weighted by atomic mass is 10.1. The smallest absolute Gasteiger partial charge is 0.369 e. The molecule has 0 radical (unpaired) electrons. The number of piperazine rings is 1. The molecule has 4 rings (SSSR count). The first kappa shape index (κ1) is 17.8. The van der Waals surface area contributed by atoms with Gasteiger partial charge in [0, 0.05) is 50.0 Å². The second-order valence-corrected chi connectivity index (χ2v) is 6.84. The van der Waals surface area contributed by atoms with Crippen molar-refractivity contribution in [3.8, 4) is 0 Å². The third kappa shape index (κ3) is 4.06. The van der Waals surface area contributed by atoms with Crippen LogP contribution in [-0.4, -0.2) is 36.1 Å². The summed E-state index contributed by atoms with van der Waals surface area (Å²) < 4.78 is 38.6. The van der Waals surface area contributed by atoms with Crippen molar-refractivity contribution in [3.05, 3.63) is 71.9 Å². The van der Waals surface area contributed by atoms with Gasteiger partial charge >= 0.3 is 6.18 Å². The van der Waals surface area contributed by atoms with E-state index in [4.69, 9.17) is 0 Å². The molecule has 6 heteroatoms. The van der Waals surface area contributed by atoms with E-state index in [0.717, 1.165) is 48.8 Å². The Bertz CT molecular complexity index is 931. The van der Waals surface area contributed by atoms with Crippen molar-refractivity contribution < 1.29 is 13.2 Å². The summed E-state index contributed by atoms with van der Waals surface area (Å²) in [5.41, 5.74) is 2.23. The number of halogens is 3. The number of rotatable bonds is 3. The van der Waals surface area contributed by atoms with E-state index in [2.05, 4.69) is 33.0 Å². The molecule has 0 aliphatic carbocycles. The number of hydrogen-bond donors (Lipinski definition) is 0.